The van der Waals surface area contributed by atoms with Crippen LogP contribution in [0.5, 0.6) is 0 Å². The lowest BCUT2D eigenvalue weighted by atomic mass is 9.53. The molecule has 0 atom stereocenters. The first-order valence-electron chi connectivity index (χ1n) is 15.9. The van der Waals surface area contributed by atoms with Crippen LogP contribution in [0.4, 0.5) is 11.4 Å². The van der Waals surface area contributed by atoms with Crippen molar-refractivity contribution in [2.45, 2.75) is 88.1 Å². The Bertz CT molecular complexity index is 1190. The molecule has 0 amide bonds. The number of nitrogens with one attached hydrogen (secondary N) is 3. The van der Waals surface area contributed by atoms with Gasteiger partial charge in [0.1, 0.15) is 5.82 Å². The van der Waals surface area contributed by atoms with Crippen molar-refractivity contribution in [3.8, 4) is 22.6 Å². The predicted octanol–water partition coefficient (Wildman–Crippen LogP) is 8.51. The van der Waals surface area contributed by atoms with Crippen molar-refractivity contribution in [2.24, 2.45) is 35.5 Å². The molecule has 0 saturated heterocycles. The van der Waals surface area contributed by atoms with Crippen molar-refractivity contribution in [2.75, 3.05) is 10.6 Å². The third-order valence-electron chi connectivity index (χ3n) is 11.8. The Morgan fingerprint density at radius 2 is 0.923 bits per heavy atom. The SMILES string of the molecule is c1cc(-c2cnc(-c3ccc(NC45CC6CC(CC(C6)C4)C5)cc3)[nH]2)ccc1NC12CC3CC(CC(C3)C1)C2. The lowest BCUT2D eigenvalue weighted by Gasteiger charge is -2.57. The van der Waals surface area contributed by atoms with E-state index in [-0.39, 0.29) is 0 Å². The topological polar surface area (TPSA) is 52.7 Å². The van der Waals surface area contributed by atoms with Gasteiger partial charge in [0, 0.05) is 28.0 Å². The lowest BCUT2D eigenvalue weighted by molar-refractivity contribution is 0.0105. The molecule has 3 aromatic rings. The van der Waals surface area contributed by atoms with Crippen LogP contribution in [0.1, 0.15) is 77.0 Å². The van der Waals surface area contributed by atoms with E-state index >= 15 is 0 Å². The van der Waals surface area contributed by atoms with Crippen LogP contribution in [0.25, 0.3) is 22.6 Å². The Morgan fingerprint density at radius 3 is 1.33 bits per heavy atom. The number of aromatic amines is 1. The van der Waals surface area contributed by atoms with E-state index in [1.54, 1.807) is 0 Å². The van der Waals surface area contributed by atoms with Crippen LogP contribution >= 0.6 is 0 Å². The molecule has 4 heteroatoms. The summed E-state index contributed by atoms with van der Waals surface area (Å²) < 4.78 is 0. The Labute approximate surface area is 232 Å². The van der Waals surface area contributed by atoms with E-state index in [0.29, 0.717) is 11.1 Å². The summed E-state index contributed by atoms with van der Waals surface area (Å²) in [5, 5.41) is 8.03. The predicted molar refractivity (Wildman–Crippen MR) is 159 cm³/mol. The van der Waals surface area contributed by atoms with Crippen molar-refractivity contribution in [1.82, 2.24) is 9.97 Å². The lowest BCUT2D eigenvalue weighted by Crippen LogP contribution is -2.54. The average molecular weight is 519 g/mol. The molecular weight excluding hydrogens is 476 g/mol. The first kappa shape index (κ1) is 23.0. The number of hydrogen-bond acceptors (Lipinski definition) is 3. The monoisotopic (exact) mass is 518 g/mol. The molecular formula is C35H42N4. The van der Waals surface area contributed by atoms with Crippen LogP contribution in [0.2, 0.25) is 0 Å². The summed E-state index contributed by atoms with van der Waals surface area (Å²) in [5.74, 6) is 6.74. The number of hydrogen-bond donors (Lipinski definition) is 3. The van der Waals surface area contributed by atoms with E-state index < -0.39 is 0 Å². The molecule has 39 heavy (non-hydrogen) atoms. The largest absolute Gasteiger partial charge is 0.380 e. The third kappa shape index (κ3) is 4.04. The van der Waals surface area contributed by atoms with E-state index in [1.165, 1.54) is 94.0 Å². The van der Waals surface area contributed by atoms with E-state index in [0.717, 1.165) is 52.6 Å². The number of nitrogens with zero attached hydrogens (tertiary/aromatic N) is 1. The van der Waals surface area contributed by atoms with Gasteiger partial charge in [-0.25, -0.2) is 4.98 Å². The molecule has 202 valence electrons. The van der Waals surface area contributed by atoms with Crippen LogP contribution in [0.3, 0.4) is 0 Å². The number of imidazole rings is 1. The minimum Gasteiger partial charge on any atom is -0.380 e. The van der Waals surface area contributed by atoms with Gasteiger partial charge in [0.25, 0.3) is 0 Å². The molecule has 0 unspecified atom stereocenters. The quantitative estimate of drug-likeness (QED) is 0.307. The molecule has 1 heterocycles. The Hall–Kier alpha value is -2.75. The van der Waals surface area contributed by atoms with E-state index in [4.69, 9.17) is 4.98 Å². The zero-order valence-corrected chi connectivity index (χ0v) is 23.1. The summed E-state index contributed by atoms with van der Waals surface area (Å²) in [7, 11) is 0. The van der Waals surface area contributed by atoms with Crippen molar-refractivity contribution in [3.63, 3.8) is 0 Å². The van der Waals surface area contributed by atoms with Crippen molar-refractivity contribution < 1.29 is 0 Å². The molecule has 1 aromatic heterocycles. The summed E-state index contributed by atoms with van der Waals surface area (Å²) >= 11 is 0. The fraction of sp³-hybridized carbons (Fsp3) is 0.571. The van der Waals surface area contributed by atoms with Gasteiger partial charge in [-0.3, -0.25) is 0 Å². The molecule has 11 rings (SSSR count). The summed E-state index contributed by atoms with van der Waals surface area (Å²) in [6.45, 7) is 0. The number of rotatable bonds is 6. The second-order valence-corrected chi connectivity index (χ2v) is 14.9. The molecule has 0 radical (unpaired) electrons. The van der Waals surface area contributed by atoms with Crippen molar-refractivity contribution in [3.05, 3.63) is 54.7 Å². The molecule has 8 saturated carbocycles. The Kier molecular flexibility index (Phi) is 4.94. The molecule has 0 aliphatic heterocycles. The Morgan fingerprint density at radius 1 is 0.538 bits per heavy atom. The first-order chi connectivity index (χ1) is 19.1. The highest BCUT2D eigenvalue weighted by Gasteiger charge is 2.52. The number of anilines is 2. The van der Waals surface area contributed by atoms with Gasteiger partial charge in [-0.1, -0.05) is 12.1 Å². The Balaban J connectivity index is 0.880. The van der Waals surface area contributed by atoms with Gasteiger partial charge in [0.15, 0.2) is 0 Å². The van der Waals surface area contributed by atoms with Crippen molar-refractivity contribution in [1.29, 1.82) is 0 Å². The average Bonchev–Trinajstić information content (AvgIpc) is 3.38. The normalized spacial score (nSPS) is 39.3. The zero-order chi connectivity index (χ0) is 25.6. The minimum absolute atomic E-state index is 0.352. The van der Waals surface area contributed by atoms with E-state index in [2.05, 4.69) is 64.1 Å². The summed E-state index contributed by atoms with van der Waals surface area (Å²) in [6.07, 6.45) is 19.2. The van der Waals surface area contributed by atoms with E-state index in [9.17, 15) is 0 Å². The maximum absolute atomic E-state index is 4.75. The second-order valence-electron chi connectivity index (χ2n) is 14.9. The molecule has 4 nitrogen and oxygen atoms in total. The first-order valence-corrected chi connectivity index (χ1v) is 15.9. The van der Waals surface area contributed by atoms with Crippen molar-refractivity contribution >= 4 is 11.4 Å². The smallest absolute Gasteiger partial charge is 0.137 e. The summed E-state index contributed by atoms with van der Waals surface area (Å²) in [6, 6.07) is 18.0. The van der Waals surface area contributed by atoms with Gasteiger partial charge in [-0.2, -0.15) is 0 Å². The minimum atomic E-state index is 0.352. The molecule has 8 aliphatic rings. The van der Waals surface area contributed by atoms with Gasteiger partial charge < -0.3 is 15.6 Å². The second kappa shape index (κ2) is 8.38. The number of aromatic nitrogens is 2. The van der Waals surface area contributed by atoms with Crippen LogP contribution in [-0.2, 0) is 0 Å². The maximum atomic E-state index is 4.75. The van der Waals surface area contributed by atoms with Gasteiger partial charge in [0.05, 0.1) is 11.9 Å². The van der Waals surface area contributed by atoms with Gasteiger partial charge in [0.2, 0.25) is 0 Å². The maximum Gasteiger partial charge on any atom is 0.137 e. The number of H-pyrrole nitrogens is 1. The molecule has 8 bridgehead atoms. The highest BCUT2D eigenvalue weighted by atomic mass is 15.0. The van der Waals surface area contributed by atoms with Crippen LogP contribution in [0.15, 0.2) is 54.7 Å². The van der Waals surface area contributed by atoms with Gasteiger partial charge in [-0.15, -0.1) is 0 Å². The molecule has 8 fully saturated rings. The summed E-state index contributed by atoms with van der Waals surface area (Å²) in [5.41, 5.74) is 6.69. The fourth-order valence-corrected chi connectivity index (χ4v) is 11.2. The van der Waals surface area contributed by atoms with Gasteiger partial charge in [-0.05, 0) is 155 Å². The van der Waals surface area contributed by atoms with Crippen LogP contribution in [0, 0.1) is 35.5 Å². The molecule has 0 spiro atoms. The molecule has 2 aromatic carbocycles. The molecule has 8 aliphatic carbocycles. The van der Waals surface area contributed by atoms with Gasteiger partial charge >= 0.3 is 0 Å². The number of benzene rings is 2. The summed E-state index contributed by atoms with van der Waals surface area (Å²) in [4.78, 5) is 8.34. The molecule has 3 N–H and O–H groups in total. The van der Waals surface area contributed by atoms with E-state index in [1.807, 2.05) is 6.20 Å². The van der Waals surface area contributed by atoms with Crippen LogP contribution in [-0.4, -0.2) is 21.0 Å². The standard InChI is InChI=1S/C35H42N4/c1-5-30(38-34-15-22-9-23(16-34)11-24(10-22)17-34)6-2-28(1)32-21-36-33(37-32)29-3-7-31(8-4-29)39-35-18-25-12-26(19-35)14-27(13-25)20-35/h1-8,21-27,38-39H,9-20H2,(H,36,37). The highest BCUT2D eigenvalue weighted by Crippen LogP contribution is 2.57. The zero-order valence-electron chi connectivity index (χ0n) is 23.1. The third-order valence-corrected chi connectivity index (χ3v) is 11.8. The van der Waals surface area contributed by atoms with Crippen LogP contribution < -0.4 is 10.6 Å². The highest BCUT2D eigenvalue weighted by molar-refractivity contribution is 5.67. The fourth-order valence-electron chi connectivity index (χ4n) is 11.2.